The Morgan fingerprint density at radius 3 is 2.33 bits per heavy atom. The van der Waals surface area contributed by atoms with E-state index in [1.165, 1.54) is 17.5 Å². The Morgan fingerprint density at radius 1 is 0.860 bits per heavy atom. The monoisotopic (exact) mass is 598 g/mol. The Kier molecular flexibility index (Phi) is 7.81. The van der Waals surface area contributed by atoms with E-state index >= 15 is 0 Å². The highest BCUT2D eigenvalue weighted by molar-refractivity contribution is 7.48. The molecule has 0 amide bonds. The van der Waals surface area contributed by atoms with Crippen LogP contribution in [-0.2, 0) is 44.6 Å². The minimum Gasteiger partial charge on any atom is -0.394 e. The van der Waals surface area contributed by atoms with E-state index in [2.05, 4.69) is 30.3 Å². The summed E-state index contributed by atoms with van der Waals surface area (Å²) in [6.45, 7) is 0.974. The zero-order chi connectivity index (χ0) is 29.6. The van der Waals surface area contributed by atoms with Crippen LogP contribution in [0.1, 0.15) is 71.9 Å². The van der Waals surface area contributed by atoms with Gasteiger partial charge in [0.05, 0.1) is 13.2 Å². The maximum absolute atomic E-state index is 13.9. The number of hydrogen-bond donors (Lipinski definition) is 1. The lowest BCUT2D eigenvalue weighted by atomic mass is 9.66. The van der Waals surface area contributed by atoms with Crippen molar-refractivity contribution < 1.29 is 28.0 Å². The van der Waals surface area contributed by atoms with Crippen LogP contribution in [0, 0.1) is 11.8 Å². The number of benzene rings is 3. The summed E-state index contributed by atoms with van der Waals surface area (Å²) < 4.78 is 37.1. The van der Waals surface area contributed by atoms with E-state index in [-0.39, 0.29) is 5.92 Å². The Labute approximate surface area is 254 Å². The largest absolute Gasteiger partial charge is 0.584 e. The molecule has 0 radical (unpaired) electrons. The first kappa shape index (κ1) is 28.6. The van der Waals surface area contributed by atoms with Crippen LogP contribution in [-0.4, -0.2) is 19.1 Å². The lowest BCUT2D eigenvalue weighted by molar-refractivity contribution is 0.185. The second-order valence-electron chi connectivity index (χ2n) is 12.3. The normalized spacial score (nSPS) is 24.4. The summed E-state index contributed by atoms with van der Waals surface area (Å²) in [6, 6.07) is 18.6. The molecule has 1 N–H and O–H groups in total. The molecule has 1 fully saturated rings. The van der Waals surface area contributed by atoms with Gasteiger partial charge in [-0.05, 0) is 102 Å². The van der Waals surface area contributed by atoms with Gasteiger partial charge in [0, 0.05) is 36.5 Å². The van der Waals surface area contributed by atoms with Gasteiger partial charge in [-0.25, -0.2) is 4.57 Å². The lowest BCUT2D eigenvalue weighted by Crippen LogP contribution is -2.25. The third kappa shape index (κ3) is 5.40. The second kappa shape index (κ2) is 11.7. The molecule has 3 aromatic carbocycles. The summed E-state index contributed by atoms with van der Waals surface area (Å²) in [4.78, 5) is 11.4. The van der Waals surface area contributed by atoms with Gasteiger partial charge in [0.2, 0.25) is 0 Å². The molecule has 3 unspecified atom stereocenters. The number of hydrogen-bond acceptors (Lipinski definition) is 5. The minimum absolute atomic E-state index is 0.191. The number of allylic oxidation sites excluding steroid dienone is 3. The van der Waals surface area contributed by atoms with E-state index in [9.17, 15) is 9.46 Å². The van der Waals surface area contributed by atoms with Crippen LogP contribution in [0.2, 0.25) is 0 Å². The molecule has 7 heteroatoms. The van der Waals surface area contributed by atoms with Crippen molar-refractivity contribution in [3.8, 4) is 16.9 Å². The number of aryl methyl sites for hydroxylation is 1. The van der Waals surface area contributed by atoms with E-state index in [4.69, 9.17) is 18.5 Å². The Balaban J connectivity index is 1.52. The zero-order valence-electron chi connectivity index (χ0n) is 24.9. The van der Waals surface area contributed by atoms with Crippen LogP contribution < -0.4 is 4.52 Å². The first-order valence-electron chi connectivity index (χ1n) is 15.5. The van der Waals surface area contributed by atoms with Crippen molar-refractivity contribution >= 4 is 19.0 Å². The predicted octanol–water partition coefficient (Wildman–Crippen LogP) is 8.65. The SMILES string of the molecule is COCc1cccc(C2=CC3CCCCC3C3=C2OP(=O)(O)Oc2c(-c4cccc(COC)c4)cc4c(c23)CCCC4)c1. The van der Waals surface area contributed by atoms with Crippen LogP contribution in [0.15, 0.2) is 66.4 Å². The van der Waals surface area contributed by atoms with Crippen LogP contribution in [0.4, 0.5) is 0 Å². The summed E-state index contributed by atoms with van der Waals surface area (Å²) in [6.07, 6.45) is 10.8. The van der Waals surface area contributed by atoms with Gasteiger partial charge in [0.15, 0.2) is 0 Å². The third-order valence-corrected chi connectivity index (χ3v) is 10.3. The summed E-state index contributed by atoms with van der Waals surface area (Å²) in [5.74, 6) is 1.48. The highest BCUT2D eigenvalue weighted by Gasteiger charge is 2.45. The van der Waals surface area contributed by atoms with E-state index in [1.807, 2.05) is 30.3 Å². The van der Waals surface area contributed by atoms with Gasteiger partial charge in [-0.15, -0.1) is 0 Å². The third-order valence-electron chi connectivity index (χ3n) is 9.44. The molecule has 3 aromatic rings. The van der Waals surface area contributed by atoms with Gasteiger partial charge in [-0.3, -0.25) is 4.89 Å². The van der Waals surface area contributed by atoms with Crippen molar-refractivity contribution in [2.24, 2.45) is 11.8 Å². The maximum Gasteiger partial charge on any atom is 0.584 e. The van der Waals surface area contributed by atoms with Crippen molar-refractivity contribution in [2.75, 3.05) is 14.2 Å². The van der Waals surface area contributed by atoms with E-state index in [0.717, 1.165) is 89.5 Å². The highest BCUT2D eigenvalue weighted by atomic mass is 31.2. The minimum atomic E-state index is -4.54. The fraction of sp³-hybridized carbons (Fsp3) is 0.389. The molecule has 1 heterocycles. The fourth-order valence-corrected chi connectivity index (χ4v) is 8.55. The highest BCUT2D eigenvalue weighted by Crippen LogP contribution is 2.62. The molecule has 1 saturated carbocycles. The molecular weight excluding hydrogens is 559 g/mol. The molecule has 1 aliphatic heterocycles. The maximum atomic E-state index is 13.9. The molecule has 4 aliphatic rings. The summed E-state index contributed by atoms with van der Waals surface area (Å²) in [5, 5.41) is 0. The van der Waals surface area contributed by atoms with Crippen molar-refractivity contribution in [3.05, 3.63) is 99.8 Å². The van der Waals surface area contributed by atoms with Gasteiger partial charge in [0.1, 0.15) is 11.5 Å². The van der Waals surface area contributed by atoms with Gasteiger partial charge in [-0.1, -0.05) is 55.3 Å². The van der Waals surface area contributed by atoms with Crippen molar-refractivity contribution in [2.45, 2.75) is 64.6 Å². The van der Waals surface area contributed by atoms with Crippen LogP contribution in [0.5, 0.6) is 5.75 Å². The first-order chi connectivity index (χ1) is 21.0. The quantitative estimate of drug-likeness (QED) is 0.286. The molecule has 0 bridgehead atoms. The summed E-state index contributed by atoms with van der Waals surface area (Å²) in [7, 11) is -1.16. The number of ether oxygens (including phenoxy) is 2. The molecule has 224 valence electrons. The standard InChI is InChI=1S/C36H39O6P/c1-39-21-23-9-7-13-25(17-23)31-19-27-11-3-5-15-29(27)33-34-30-16-6-4-12-28(30)20-32(26-14-8-10-24(18-26)22-40-2)36(34)42-43(37,38)41-35(31)33/h7-10,13-14,17-20,27,29H,3-6,11-12,15-16,21-22H2,1-2H3,(H,37,38). The van der Waals surface area contributed by atoms with Gasteiger partial charge in [-0.2, -0.15) is 0 Å². The Morgan fingerprint density at radius 2 is 1.56 bits per heavy atom. The molecule has 3 atom stereocenters. The van der Waals surface area contributed by atoms with Gasteiger partial charge < -0.3 is 18.5 Å². The van der Waals surface area contributed by atoms with Crippen LogP contribution >= 0.6 is 7.82 Å². The van der Waals surface area contributed by atoms with Gasteiger partial charge >= 0.3 is 7.82 Å². The van der Waals surface area contributed by atoms with E-state index < -0.39 is 7.82 Å². The topological polar surface area (TPSA) is 74.2 Å². The Hall–Kier alpha value is -3.15. The molecular formula is C36H39O6P. The molecule has 7 rings (SSSR count). The average molecular weight is 599 g/mol. The molecule has 0 spiro atoms. The predicted molar refractivity (Wildman–Crippen MR) is 168 cm³/mol. The van der Waals surface area contributed by atoms with E-state index in [1.54, 1.807) is 14.2 Å². The second-order valence-corrected chi connectivity index (χ2v) is 13.6. The van der Waals surface area contributed by atoms with Crippen molar-refractivity contribution in [3.63, 3.8) is 0 Å². The molecule has 6 nitrogen and oxygen atoms in total. The smallest absolute Gasteiger partial charge is 0.394 e. The number of phosphoric ester groups is 1. The van der Waals surface area contributed by atoms with Gasteiger partial charge in [0.25, 0.3) is 0 Å². The molecule has 3 aliphatic carbocycles. The summed E-state index contributed by atoms with van der Waals surface area (Å²) in [5.41, 5.74) is 10.3. The van der Waals surface area contributed by atoms with Crippen LogP contribution in [0.25, 0.3) is 22.3 Å². The summed E-state index contributed by atoms with van der Waals surface area (Å²) >= 11 is 0. The fourth-order valence-electron chi connectivity index (χ4n) is 7.66. The molecule has 0 aromatic heterocycles. The number of rotatable bonds is 6. The molecule has 0 saturated heterocycles. The van der Waals surface area contributed by atoms with E-state index in [0.29, 0.717) is 30.6 Å². The Bertz CT molecular complexity index is 1670. The number of phosphoric acid groups is 1. The van der Waals surface area contributed by atoms with Crippen molar-refractivity contribution in [1.29, 1.82) is 0 Å². The zero-order valence-corrected chi connectivity index (χ0v) is 25.8. The lowest BCUT2D eigenvalue weighted by Gasteiger charge is -2.38. The number of methoxy groups -OCH3 is 2. The first-order valence-corrected chi connectivity index (χ1v) is 17.0. The van der Waals surface area contributed by atoms with Crippen LogP contribution in [0.3, 0.4) is 0 Å². The number of fused-ring (bicyclic) bond motifs is 6. The van der Waals surface area contributed by atoms with Crippen molar-refractivity contribution in [1.82, 2.24) is 0 Å². The average Bonchev–Trinajstić information content (AvgIpc) is 3.14. The molecule has 43 heavy (non-hydrogen) atoms.